The number of thioether (sulfide) groups is 1. The monoisotopic (exact) mass is 395 g/mol. The van der Waals surface area contributed by atoms with E-state index in [0.29, 0.717) is 16.7 Å². The number of rotatable bonds is 6. The highest BCUT2D eigenvalue weighted by Crippen LogP contribution is 2.27. The maximum Gasteiger partial charge on any atom is 0.321 e. The second-order valence-corrected chi connectivity index (χ2v) is 7.59. The van der Waals surface area contributed by atoms with E-state index in [4.69, 9.17) is 0 Å². The van der Waals surface area contributed by atoms with Gasteiger partial charge in [-0.3, -0.25) is 14.7 Å². The summed E-state index contributed by atoms with van der Waals surface area (Å²) in [5, 5.41) is 13.0. The predicted octanol–water partition coefficient (Wildman–Crippen LogP) is 0.548. The third-order valence-corrected chi connectivity index (χ3v) is 5.15. The second kappa shape index (κ2) is 8.96. The third kappa shape index (κ3) is 5.04. The van der Waals surface area contributed by atoms with Gasteiger partial charge in [0.15, 0.2) is 11.0 Å². The van der Waals surface area contributed by atoms with Gasteiger partial charge in [-0.2, -0.15) is 0 Å². The van der Waals surface area contributed by atoms with Crippen LogP contribution in [0.3, 0.4) is 0 Å². The van der Waals surface area contributed by atoms with Gasteiger partial charge in [-0.25, -0.2) is 9.18 Å². The Morgan fingerprint density at radius 1 is 1.19 bits per heavy atom. The van der Waals surface area contributed by atoms with Crippen LogP contribution in [0.25, 0.3) is 5.69 Å². The van der Waals surface area contributed by atoms with E-state index in [1.165, 1.54) is 30.9 Å². The minimum absolute atomic E-state index is 0.0203. The van der Waals surface area contributed by atoms with E-state index < -0.39 is 17.2 Å². The molecule has 0 radical (unpaired) electrons. The number of urea groups is 1. The predicted molar refractivity (Wildman–Crippen MR) is 100 cm³/mol. The number of carbonyl (C=O) groups excluding carboxylic acids is 2. The van der Waals surface area contributed by atoms with Crippen LogP contribution in [0.2, 0.25) is 0 Å². The van der Waals surface area contributed by atoms with Gasteiger partial charge in [-0.15, -0.1) is 10.2 Å². The summed E-state index contributed by atoms with van der Waals surface area (Å²) in [6.07, 6.45) is 0. The first-order chi connectivity index (χ1) is 12.7. The van der Waals surface area contributed by atoms with Gasteiger partial charge in [-0.05, 0) is 38.1 Å². The molecular weight excluding hydrogens is 371 g/mol. The molecule has 0 aliphatic heterocycles. The van der Waals surface area contributed by atoms with Crippen LogP contribution >= 0.6 is 11.8 Å². The van der Waals surface area contributed by atoms with Crippen LogP contribution in [0.5, 0.6) is 0 Å². The number of quaternary nitrogens is 1. The number of hydrogen-bond donors (Lipinski definition) is 3. The normalized spacial score (nSPS) is 13.3. The first-order valence-electron chi connectivity index (χ1n) is 8.45. The molecule has 0 spiro atoms. The van der Waals surface area contributed by atoms with Crippen LogP contribution < -0.4 is 15.5 Å². The summed E-state index contributed by atoms with van der Waals surface area (Å²) in [5.41, 5.74) is 0.700. The standard InChI is InChI=1S/C17H23FN6O2S/c1-10(23(4)5)14-21-22-17(24(14)13-8-6-12(18)7-9-13)27-11(2)15(25)20-16(26)19-3/h6-11H,1-5H3,(H2,19,20,25,26)/p+1/t10-,11+/m0/s1. The molecule has 27 heavy (non-hydrogen) atoms. The molecule has 3 N–H and O–H groups in total. The number of benzene rings is 1. The molecule has 3 amide bonds. The van der Waals surface area contributed by atoms with Gasteiger partial charge in [0, 0.05) is 12.7 Å². The molecule has 0 saturated carbocycles. The van der Waals surface area contributed by atoms with Crippen molar-refractivity contribution in [2.75, 3.05) is 21.1 Å². The summed E-state index contributed by atoms with van der Waals surface area (Å²) in [5.74, 6) is -0.0870. The Bertz CT molecular complexity index is 808. The zero-order chi connectivity index (χ0) is 20.1. The van der Waals surface area contributed by atoms with Crippen molar-refractivity contribution in [3.8, 4) is 5.69 Å². The number of halogens is 1. The number of carbonyl (C=O) groups is 2. The lowest BCUT2D eigenvalue weighted by atomic mass is 10.2. The molecule has 10 heteroatoms. The van der Waals surface area contributed by atoms with Crippen LogP contribution in [-0.2, 0) is 4.79 Å². The summed E-state index contributed by atoms with van der Waals surface area (Å²) >= 11 is 1.17. The lowest BCUT2D eigenvalue weighted by Gasteiger charge is -2.18. The second-order valence-electron chi connectivity index (χ2n) is 6.28. The lowest BCUT2D eigenvalue weighted by molar-refractivity contribution is -0.890. The molecule has 0 aliphatic carbocycles. The Hall–Kier alpha value is -2.46. The topological polar surface area (TPSA) is 93.3 Å². The first kappa shape index (κ1) is 20.8. The molecule has 8 nitrogen and oxygen atoms in total. The summed E-state index contributed by atoms with van der Waals surface area (Å²) in [7, 11) is 5.43. The molecule has 0 saturated heterocycles. The van der Waals surface area contributed by atoms with Gasteiger partial charge in [0.1, 0.15) is 11.9 Å². The summed E-state index contributed by atoms with van der Waals surface area (Å²) in [6, 6.07) is 5.45. The summed E-state index contributed by atoms with van der Waals surface area (Å²) < 4.78 is 15.2. The molecular formula is C17H24FN6O2S+. The number of nitrogens with one attached hydrogen (secondary N) is 3. The molecule has 2 aromatic rings. The number of aromatic nitrogens is 3. The Balaban J connectivity index is 2.37. The Labute approximate surface area is 161 Å². The molecule has 1 aromatic heterocycles. The van der Waals surface area contributed by atoms with Gasteiger partial charge in [0.25, 0.3) is 0 Å². The van der Waals surface area contributed by atoms with E-state index >= 15 is 0 Å². The summed E-state index contributed by atoms with van der Waals surface area (Å²) in [6.45, 7) is 3.68. The smallest absolute Gasteiger partial charge is 0.321 e. The van der Waals surface area contributed by atoms with Gasteiger partial charge in [-0.1, -0.05) is 11.8 Å². The molecule has 0 aliphatic rings. The quantitative estimate of drug-likeness (QED) is 0.621. The third-order valence-electron chi connectivity index (χ3n) is 4.11. The zero-order valence-corrected chi connectivity index (χ0v) is 16.7. The van der Waals surface area contributed by atoms with E-state index in [-0.39, 0.29) is 11.9 Å². The number of imide groups is 1. The van der Waals surface area contributed by atoms with Gasteiger partial charge in [0.2, 0.25) is 5.91 Å². The minimum Gasteiger partial charge on any atom is -0.341 e. The van der Waals surface area contributed by atoms with Crippen LogP contribution in [0.15, 0.2) is 29.4 Å². The van der Waals surface area contributed by atoms with E-state index in [1.807, 2.05) is 25.6 Å². The highest BCUT2D eigenvalue weighted by molar-refractivity contribution is 8.00. The average molecular weight is 395 g/mol. The van der Waals surface area contributed by atoms with Crippen molar-refractivity contribution in [2.24, 2.45) is 0 Å². The lowest BCUT2D eigenvalue weighted by Crippen LogP contribution is -3.05. The fourth-order valence-corrected chi connectivity index (χ4v) is 3.09. The fraction of sp³-hybridized carbons (Fsp3) is 0.412. The largest absolute Gasteiger partial charge is 0.341 e. The molecule has 1 heterocycles. The van der Waals surface area contributed by atoms with Crippen LogP contribution in [0, 0.1) is 5.82 Å². The molecule has 2 rings (SSSR count). The highest BCUT2D eigenvalue weighted by atomic mass is 32.2. The van der Waals surface area contributed by atoms with Crippen LogP contribution in [0.1, 0.15) is 25.7 Å². The van der Waals surface area contributed by atoms with E-state index in [9.17, 15) is 14.0 Å². The number of hydrogen-bond acceptors (Lipinski definition) is 5. The van der Waals surface area contributed by atoms with E-state index in [0.717, 1.165) is 4.90 Å². The molecule has 0 fully saturated rings. The van der Waals surface area contributed by atoms with Gasteiger partial charge < -0.3 is 10.2 Å². The van der Waals surface area contributed by atoms with E-state index in [2.05, 4.69) is 20.8 Å². The highest BCUT2D eigenvalue weighted by Gasteiger charge is 2.26. The Morgan fingerprint density at radius 2 is 1.81 bits per heavy atom. The van der Waals surface area contributed by atoms with Crippen molar-refractivity contribution >= 4 is 23.7 Å². The van der Waals surface area contributed by atoms with Gasteiger partial charge >= 0.3 is 6.03 Å². The molecule has 0 bridgehead atoms. The molecule has 1 aromatic carbocycles. The van der Waals surface area contributed by atoms with Crippen molar-refractivity contribution in [2.45, 2.75) is 30.3 Å². The maximum atomic E-state index is 13.3. The Kier molecular flexibility index (Phi) is 6.92. The minimum atomic E-state index is -0.583. The molecule has 2 atom stereocenters. The van der Waals surface area contributed by atoms with E-state index in [1.54, 1.807) is 19.1 Å². The van der Waals surface area contributed by atoms with Crippen molar-refractivity contribution in [1.29, 1.82) is 0 Å². The fourth-order valence-electron chi connectivity index (χ4n) is 2.22. The van der Waals surface area contributed by atoms with Gasteiger partial charge in [0.05, 0.1) is 19.3 Å². The Morgan fingerprint density at radius 3 is 2.37 bits per heavy atom. The maximum absolute atomic E-state index is 13.3. The van der Waals surface area contributed by atoms with Crippen molar-refractivity contribution in [3.63, 3.8) is 0 Å². The van der Waals surface area contributed by atoms with Crippen molar-refractivity contribution in [3.05, 3.63) is 35.9 Å². The zero-order valence-electron chi connectivity index (χ0n) is 15.9. The summed E-state index contributed by atoms with van der Waals surface area (Å²) in [4.78, 5) is 24.6. The van der Waals surface area contributed by atoms with Crippen molar-refractivity contribution in [1.82, 2.24) is 25.4 Å². The van der Waals surface area contributed by atoms with Crippen LogP contribution in [0.4, 0.5) is 9.18 Å². The number of nitrogens with zero attached hydrogens (tertiary/aromatic N) is 3. The molecule has 146 valence electrons. The number of amides is 3. The SMILES string of the molecule is CNC(=O)NC(=O)[C@@H](C)Sc1nnc([C@H](C)[NH+](C)C)n1-c1ccc(F)cc1. The molecule has 0 unspecified atom stereocenters. The first-order valence-corrected chi connectivity index (χ1v) is 9.33. The average Bonchev–Trinajstić information content (AvgIpc) is 3.04. The van der Waals surface area contributed by atoms with Crippen molar-refractivity contribution < 1.29 is 18.9 Å². The van der Waals surface area contributed by atoms with Crippen LogP contribution in [-0.4, -0.2) is 53.1 Å².